The molecule has 2 aromatic carbocycles. The molecule has 11 nitrogen and oxygen atoms in total. The van der Waals surface area contributed by atoms with Crippen molar-refractivity contribution in [3.8, 4) is 5.75 Å². The van der Waals surface area contributed by atoms with Crippen molar-refractivity contribution in [3.05, 3.63) is 65.9 Å². The Morgan fingerprint density at radius 2 is 1.78 bits per heavy atom. The molecule has 1 aromatic heterocycles. The number of carbonyl (C=O) groups is 3. The van der Waals surface area contributed by atoms with Gasteiger partial charge in [0.05, 0.1) is 22.1 Å². The summed E-state index contributed by atoms with van der Waals surface area (Å²) in [5.41, 5.74) is 3.86. The van der Waals surface area contributed by atoms with Gasteiger partial charge in [0.2, 0.25) is 0 Å². The number of fused-ring (bicyclic) bond motifs is 1. The van der Waals surface area contributed by atoms with Crippen LogP contribution in [-0.4, -0.2) is 66.4 Å². The van der Waals surface area contributed by atoms with Gasteiger partial charge in [-0.15, -0.1) is 0 Å². The number of para-hydroxylation sites is 1. The first kappa shape index (κ1) is 29.6. The number of nitrogens with one attached hydrogen (secondary N) is 1. The fourth-order valence-electron chi connectivity index (χ4n) is 4.52. The fourth-order valence-corrected chi connectivity index (χ4v) is 6.16. The second-order valence-electron chi connectivity index (χ2n) is 9.39. The zero-order chi connectivity index (χ0) is 29.9. The summed E-state index contributed by atoms with van der Waals surface area (Å²) in [6.45, 7) is 1.18. The molecule has 1 fully saturated rings. The molecule has 0 saturated carbocycles. The van der Waals surface area contributed by atoms with E-state index >= 15 is 0 Å². The van der Waals surface area contributed by atoms with Gasteiger partial charge < -0.3 is 19.6 Å². The number of sulfone groups is 1. The molecule has 1 aliphatic heterocycles. The smallest absolute Gasteiger partial charge is 0.489 e. The van der Waals surface area contributed by atoms with E-state index in [0.29, 0.717) is 5.75 Å². The zero-order valence-electron chi connectivity index (χ0n) is 21.4. The van der Waals surface area contributed by atoms with E-state index in [1.54, 1.807) is 0 Å². The lowest BCUT2D eigenvalue weighted by atomic mass is 9.97. The molecule has 2 heterocycles. The maximum absolute atomic E-state index is 13.1. The number of pyridine rings is 1. The Hall–Kier alpha value is -4.40. The molecule has 4 rings (SSSR count). The average molecular weight is 596 g/mol. The summed E-state index contributed by atoms with van der Waals surface area (Å²) in [7, 11) is -4.08. The lowest BCUT2D eigenvalue weighted by molar-refractivity contribution is -0.208. The van der Waals surface area contributed by atoms with E-state index in [2.05, 4.69) is 9.82 Å². The van der Waals surface area contributed by atoms with Crippen LogP contribution in [0, 0.1) is 18.8 Å². The highest BCUT2D eigenvalue weighted by Crippen LogP contribution is 2.29. The molecule has 0 aliphatic carbocycles. The summed E-state index contributed by atoms with van der Waals surface area (Å²) in [4.78, 5) is 43.6. The van der Waals surface area contributed by atoms with E-state index in [9.17, 15) is 41.1 Å². The third-order valence-electron chi connectivity index (χ3n) is 6.46. The van der Waals surface area contributed by atoms with Gasteiger partial charge >= 0.3 is 18.2 Å². The summed E-state index contributed by atoms with van der Waals surface area (Å²) in [6, 6.07) is 14.9. The predicted molar refractivity (Wildman–Crippen MR) is 136 cm³/mol. The Kier molecular flexibility index (Phi) is 8.37. The molecule has 0 bridgehead atoms. The summed E-state index contributed by atoms with van der Waals surface area (Å²) >= 11 is 0. The SMILES string of the molecule is Cc1cc(COc2ccc(S(=O)(=O)C[C@@H]3CN(C(=O)O)C[C@@H]3C(=O)NOC(=O)C(F)(F)F)cc2)c2ccccc2n1. The maximum atomic E-state index is 13.1. The van der Waals surface area contributed by atoms with Gasteiger partial charge in [0, 0.05) is 35.7 Å². The Labute approximate surface area is 231 Å². The van der Waals surface area contributed by atoms with Crippen molar-refractivity contribution in [1.29, 1.82) is 0 Å². The van der Waals surface area contributed by atoms with E-state index in [-0.39, 0.29) is 18.0 Å². The number of ether oxygens (including phenoxy) is 1. The molecule has 1 aliphatic rings. The second-order valence-corrected chi connectivity index (χ2v) is 11.4. The number of hydrogen-bond donors (Lipinski definition) is 2. The van der Waals surface area contributed by atoms with Crippen molar-refractivity contribution >= 4 is 38.7 Å². The number of carbonyl (C=O) groups excluding carboxylic acids is 2. The third kappa shape index (κ3) is 7.03. The molecular weight excluding hydrogens is 571 g/mol. The van der Waals surface area contributed by atoms with Crippen LogP contribution < -0.4 is 10.2 Å². The first-order valence-electron chi connectivity index (χ1n) is 12.1. The fraction of sp³-hybridized carbons (Fsp3) is 0.308. The number of amides is 2. The molecular formula is C26H24F3N3O8S. The molecule has 0 unspecified atom stereocenters. The first-order valence-corrected chi connectivity index (χ1v) is 13.8. The van der Waals surface area contributed by atoms with Gasteiger partial charge in [-0.3, -0.25) is 9.78 Å². The van der Waals surface area contributed by atoms with E-state index in [4.69, 9.17) is 4.74 Å². The minimum atomic E-state index is -5.38. The standard InChI is InChI=1S/C26H24F3N3O8S/c1-15-10-16(20-4-2-3-5-22(20)30-15)13-39-18-6-8-19(9-7-18)41(37,38)14-17-11-32(25(35)36)12-21(17)23(33)31-40-24(34)26(27,28)29/h2-10,17,21H,11-14H2,1H3,(H,31,33)(H,35,36)/t17-,21-/m0/s1. The number of hydroxylamine groups is 1. The van der Waals surface area contributed by atoms with Gasteiger partial charge in [-0.05, 0) is 43.3 Å². The van der Waals surface area contributed by atoms with Crippen molar-refractivity contribution in [1.82, 2.24) is 15.4 Å². The largest absolute Gasteiger partial charge is 0.493 e. The Morgan fingerprint density at radius 3 is 2.44 bits per heavy atom. The number of aryl methyl sites for hydroxylation is 1. The molecule has 2 atom stereocenters. The molecule has 1 saturated heterocycles. The number of carboxylic acid groups (broad SMARTS) is 1. The minimum Gasteiger partial charge on any atom is -0.489 e. The van der Waals surface area contributed by atoms with E-state index < -0.39 is 58.1 Å². The normalized spacial score (nSPS) is 17.3. The number of halogens is 3. The number of rotatable bonds is 7. The van der Waals surface area contributed by atoms with Crippen molar-refractivity contribution < 1.29 is 50.7 Å². The number of hydrogen-bond acceptors (Lipinski definition) is 8. The van der Waals surface area contributed by atoms with Crippen molar-refractivity contribution in [2.75, 3.05) is 18.8 Å². The molecule has 2 N–H and O–H groups in total. The van der Waals surface area contributed by atoms with Crippen LogP contribution in [0.1, 0.15) is 11.3 Å². The van der Waals surface area contributed by atoms with Crippen LogP contribution in [-0.2, 0) is 30.9 Å². The van der Waals surface area contributed by atoms with E-state index in [1.165, 1.54) is 29.7 Å². The van der Waals surface area contributed by atoms with Crippen LogP contribution in [0.2, 0.25) is 0 Å². The lowest BCUT2D eigenvalue weighted by Crippen LogP contribution is -2.41. The predicted octanol–water partition coefficient (Wildman–Crippen LogP) is 3.26. The van der Waals surface area contributed by atoms with E-state index in [0.717, 1.165) is 27.1 Å². The van der Waals surface area contributed by atoms with Crippen LogP contribution in [0.5, 0.6) is 5.75 Å². The van der Waals surface area contributed by atoms with Crippen LogP contribution in [0.3, 0.4) is 0 Å². The minimum absolute atomic E-state index is 0.133. The van der Waals surface area contributed by atoms with Crippen molar-refractivity contribution in [2.45, 2.75) is 24.6 Å². The Morgan fingerprint density at radius 1 is 1.10 bits per heavy atom. The molecule has 2 amide bonds. The van der Waals surface area contributed by atoms with Crippen LogP contribution in [0.15, 0.2) is 59.5 Å². The van der Waals surface area contributed by atoms with Gasteiger partial charge in [-0.25, -0.2) is 18.0 Å². The molecule has 218 valence electrons. The molecule has 15 heteroatoms. The highest BCUT2D eigenvalue weighted by atomic mass is 32.2. The molecule has 3 aromatic rings. The second kappa shape index (κ2) is 11.6. The van der Waals surface area contributed by atoms with Crippen molar-refractivity contribution in [2.24, 2.45) is 11.8 Å². The van der Waals surface area contributed by atoms with Crippen molar-refractivity contribution in [3.63, 3.8) is 0 Å². The quantitative estimate of drug-likeness (QED) is 0.392. The molecule has 0 radical (unpaired) electrons. The maximum Gasteiger partial charge on any atom is 0.493 e. The van der Waals surface area contributed by atoms with Crippen LogP contribution >= 0.6 is 0 Å². The van der Waals surface area contributed by atoms with Crippen LogP contribution in [0.4, 0.5) is 18.0 Å². The van der Waals surface area contributed by atoms with E-state index in [1.807, 2.05) is 37.3 Å². The van der Waals surface area contributed by atoms with Gasteiger partial charge in [0.25, 0.3) is 5.91 Å². The van der Waals surface area contributed by atoms with Crippen LogP contribution in [0.25, 0.3) is 10.9 Å². The monoisotopic (exact) mass is 595 g/mol. The first-order chi connectivity index (χ1) is 19.2. The summed E-state index contributed by atoms with van der Waals surface area (Å²) in [5, 5.41) is 10.2. The molecule has 0 spiro atoms. The van der Waals surface area contributed by atoms with Gasteiger partial charge in [-0.2, -0.15) is 18.7 Å². The number of aromatic nitrogens is 1. The summed E-state index contributed by atoms with van der Waals surface area (Å²) < 4.78 is 69.2. The molecule has 41 heavy (non-hydrogen) atoms. The topological polar surface area (TPSA) is 152 Å². The number of likely N-dealkylation sites (tertiary alicyclic amines) is 1. The highest BCUT2D eigenvalue weighted by molar-refractivity contribution is 7.91. The number of alkyl halides is 3. The Balaban J connectivity index is 1.44. The lowest BCUT2D eigenvalue weighted by Gasteiger charge is -2.18. The summed E-state index contributed by atoms with van der Waals surface area (Å²) in [6.07, 6.45) is -6.83. The Bertz CT molecular complexity index is 1580. The van der Waals surface area contributed by atoms with Gasteiger partial charge in [0.1, 0.15) is 12.4 Å². The van der Waals surface area contributed by atoms with Gasteiger partial charge in [-0.1, -0.05) is 18.2 Å². The highest BCUT2D eigenvalue weighted by Gasteiger charge is 2.45. The number of benzene rings is 2. The third-order valence-corrected chi connectivity index (χ3v) is 8.32. The number of nitrogens with zero attached hydrogens (tertiary/aromatic N) is 2. The zero-order valence-corrected chi connectivity index (χ0v) is 22.2. The van der Waals surface area contributed by atoms with Gasteiger partial charge in [0.15, 0.2) is 9.84 Å². The summed E-state index contributed by atoms with van der Waals surface area (Å²) in [5.74, 6) is -6.76. The average Bonchev–Trinajstić information content (AvgIpc) is 3.33.